The molecule has 128 valence electrons. The summed E-state index contributed by atoms with van der Waals surface area (Å²) in [6, 6.07) is 18.7. The number of anilines is 1. The second kappa shape index (κ2) is 9.21. The second-order valence-corrected chi connectivity index (χ2v) is 6.04. The highest BCUT2D eigenvalue weighted by atomic mass is 16.5. The van der Waals surface area contributed by atoms with Gasteiger partial charge in [0, 0.05) is 31.8 Å². The van der Waals surface area contributed by atoms with E-state index < -0.39 is 0 Å². The van der Waals surface area contributed by atoms with E-state index in [2.05, 4.69) is 47.9 Å². The molecule has 4 nitrogen and oxygen atoms in total. The molecule has 2 aromatic carbocycles. The maximum absolute atomic E-state index is 11.2. The minimum atomic E-state index is -0.0610. The summed E-state index contributed by atoms with van der Waals surface area (Å²) in [6.07, 6.45) is 0.907. The summed E-state index contributed by atoms with van der Waals surface area (Å²) in [5, 5.41) is 6.45. The Morgan fingerprint density at radius 3 is 2.54 bits per heavy atom. The summed E-state index contributed by atoms with van der Waals surface area (Å²) in [5.41, 5.74) is 3.24. The number of methoxy groups -OCH3 is 1. The van der Waals surface area contributed by atoms with E-state index in [1.165, 1.54) is 12.5 Å². The minimum absolute atomic E-state index is 0.0610. The van der Waals surface area contributed by atoms with Gasteiger partial charge in [0.25, 0.3) is 0 Å². The zero-order valence-corrected chi connectivity index (χ0v) is 14.6. The fourth-order valence-corrected chi connectivity index (χ4v) is 2.80. The lowest BCUT2D eigenvalue weighted by molar-refractivity contribution is -0.114. The summed E-state index contributed by atoms with van der Waals surface area (Å²) >= 11 is 0. The van der Waals surface area contributed by atoms with Gasteiger partial charge >= 0.3 is 0 Å². The van der Waals surface area contributed by atoms with Crippen LogP contribution in [0.1, 0.15) is 31.0 Å². The van der Waals surface area contributed by atoms with Crippen molar-refractivity contribution >= 4 is 11.6 Å². The van der Waals surface area contributed by atoms with E-state index in [-0.39, 0.29) is 18.0 Å². The van der Waals surface area contributed by atoms with Crippen LogP contribution in [0.3, 0.4) is 0 Å². The van der Waals surface area contributed by atoms with Gasteiger partial charge < -0.3 is 15.4 Å². The molecule has 2 atom stereocenters. The standard InChI is InChI=1S/C20H26N2O2/c1-15(18-10-7-11-19(13-18)22-16(2)23)21-20(14-24-3)12-17-8-5-4-6-9-17/h4-11,13,15,20-21H,12,14H2,1-3H3,(H,22,23)/t15-,20+/m0/s1. The maximum atomic E-state index is 11.2. The number of carbonyl (C=O) groups is 1. The highest BCUT2D eigenvalue weighted by Gasteiger charge is 2.14. The van der Waals surface area contributed by atoms with Gasteiger partial charge in [-0.2, -0.15) is 0 Å². The van der Waals surface area contributed by atoms with Crippen LogP contribution in [0.15, 0.2) is 54.6 Å². The molecule has 0 aliphatic heterocycles. The van der Waals surface area contributed by atoms with Gasteiger partial charge in [0.05, 0.1) is 6.61 Å². The molecule has 0 heterocycles. The normalized spacial score (nSPS) is 13.3. The van der Waals surface area contributed by atoms with Gasteiger partial charge in [0.15, 0.2) is 0 Å². The SMILES string of the molecule is COC[C@@H](Cc1ccccc1)N[C@@H](C)c1cccc(NC(C)=O)c1. The van der Waals surface area contributed by atoms with Gasteiger partial charge in [0.1, 0.15) is 0 Å². The van der Waals surface area contributed by atoms with Crippen molar-refractivity contribution in [3.8, 4) is 0 Å². The molecule has 1 amide bonds. The number of ether oxygens (including phenoxy) is 1. The molecule has 4 heteroatoms. The quantitative estimate of drug-likeness (QED) is 0.780. The van der Waals surface area contributed by atoms with Gasteiger partial charge in [-0.1, -0.05) is 42.5 Å². The first kappa shape index (κ1) is 18.2. The molecule has 2 N–H and O–H groups in total. The predicted octanol–water partition coefficient (Wildman–Crippen LogP) is 3.55. The third-order valence-corrected chi connectivity index (χ3v) is 3.89. The van der Waals surface area contributed by atoms with E-state index in [0.29, 0.717) is 6.61 Å². The van der Waals surface area contributed by atoms with Crippen molar-refractivity contribution in [1.29, 1.82) is 0 Å². The first-order valence-electron chi connectivity index (χ1n) is 8.25. The fraction of sp³-hybridized carbons (Fsp3) is 0.350. The van der Waals surface area contributed by atoms with Crippen LogP contribution >= 0.6 is 0 Å². The Balaban J connectivity index is 2.04. The number of hydrogen-bond donors (Lipinski definition) is 2. The molecular weight excluding hydrogens is 300 g/mol. The molecule has 0 bridgehead atoms. The molecule has 24 heavy (non-hydrogen) atoms. The molecule has 0 unspecified atom stereocenters. The Morgan fingerprint density at radius 1 is 1.12 bits per heavy atom. The topological polar surface area (TPSA) is 50.4 Å². The zero-order valence-electron chi connectivity index (χ0n) is 14.6. The van der Waals surface area contributed by atoms with Crippen molar-refractivity contribution in [3.63, 3.8) is 0 Å². The highest BCUT2D eigenvalue weighted by molar-refractivity contribution is 5.88. The van der Waals surface area contributed by atoms with Gasteiger partial charge in [-0.15, -0.1) is 0 Å². The predicted molar refractivity (Wildman–Crippen MR) is 98.1 cm³/mol. The Hall–Kier alpha value is -2.17. The van der Waals surface area contributed by atoms with Gasteiger partial charge in [-0.3, -0.25) is 4.79 Å². The van der Waals surface area contributed by atoms with Crippen LogP contribution in [0.4, 0.5) is 5.69 Å². The summed E-state index contributed by atoms with van der Waals surface area (Å²) in [5.74, 6) is -0.0610. The maximum Gasteiger partial charge on any atom is 0.221 e. The van der Waals surface area contributed by atoms with Crippen molar-refractivity contribution in [2.24, 2.45) is 0 Å². The molecular formula is C20H26N2O2. The zero-order chi connectivity index (χ0) is 17.4. The van der Waals surface area contributed by atoms with Crippen LogP contribution in [0.2, 0.25) is 0 Å². The van der Waals surface area contributed by atoms with E-state index in [1.54, 1.807) is 7.11 Å². The molecule has 0 radical (unpaired) electrons. The third-order valence-electron chi connectivity index (χ3n) is 3.89. The first-order valence-corrected chi connectivity index (χ1v) is 8.25. The third kappa shape index (κ3) is 5.80. The van der Waals surface area contributed by atoms with Crippen LogP contribution in [-0.2, 0) is 16.0 Å². The minimum Gasteiger partial charge on any atom is -0.383 e. The molecule has 2 aromatic rings. The van der Waals surface area contributed by atoms with Crippen LogP contribution in [0.5, 0.6) is 0 Å². The molecule has 2 rings (SSSR count). The highest BCUT2D eigenvalue weighted by Crippen LogP contribution is 2.18. The Bertz CT molecular complexity index is 643. The summed E-state index contributed by atoms with van der Waals surface area (Å²) in [4.78, 5) is 11.2. The monoisotopic (exact) mass is 326 g/mol. The Kier molecular flexibility index (Phi) is 6.97. The summed E-state index contributed by atoms with van der Waals surface area (Å²) in [6.45, 7) is 4.29. The Morgan fingerprint density at radius 2 is 1.88 bits per heavy atom. The van der Waals surface area contributed by atoms with Crippen molar-refractivity contribution in [2.75, 3.05) is 19.0 Å². The molecule has 0 saturated heterocycles. The molecule has 0 spiro atoms. The average Bonchev–Trinajstić information content (AvgIpc) is 2.55. The van der Waals surface area contributed by atoms with E-state index in [1.807, 2.05) is 24.3 Å². The van der Waals surface area contributed by atoms with Crippen molar-refractivity contribution in [2.45, 2.75) is 32.4 Å². The van der Waals surface area contributed by atoms with Crippen molar-refractivity contribution in [1.82, 2.24) is 5.32 Å². The van der Waals surface area contributed by atoms with Gasteiger partial charge in [-0.25, -0.2) is 0 Å². The van der Waals surface area contributed by atoms with E-state index >= 15 is 0 Å². The van der Waals surface area contributed by atoms with E-state index in [0.717, 1.165) is 17.7 Å². The summed E-state index contributed by atoms with van der Waals surface area (Å²) < 4.78 is 5.37. The molecule has 0 fully saturated rings. The smallest absolute Gasteiger partial charge is 0.221 e. The molecule has 0 aliphatic carbocycles. The number of amides is 1. The first-order chi connectivity index (χ1) is 11.6. The van der Waals surface area contributed by atoms with Crippen LogP contribution in [-0.4, -0.2) is 25.7 Å². The largest absolute Gasteiger partial charge is 0.383 e. The Labute approximate surface area is 144 Å². The van der Waals surface area contributed by atoms with Crippen LogP contribution in [0, 0.1) is 0 Å². The number of benzene rings is 2. The second-order valence-electron chi connectivity index (χ2n) is 6.04. The number of carbonyl (C=O) groups excluding carboxylic acids is 1. The van der Waals surface area contributed by atoms with E-state index in [9.17, 15) is 4.79 Å². The number of hydrogen-bond acceptors (Lipinski definition) is 3. The number of rotatable bonds is 8. The molecule has 0 aromatic heterocycles. The van der Waals surface area contributed by atoms with Gasteiger partial charge in [-0.05, 0) is 36.6 Å². The fourth-order valence-electron chi connectivity index (χ4n) is 2.80. The van der Waals surface area contributed by atoms with Crippen molar-refractivity contribution in [3.05, 3.63) is 65.7 Å². The van der Waals surface area contributed by atoms with Gasteiger partial charge in [0.2, 0.25) is 5.91 Å². The van der Waals surface area contributed by atoms with E-state index in [4.69, 9.17) is 4.74 Å². The lowest BCUT2D eigenvalue weighted by atomic mass is 10.0. The lowest BCUT2D eigenvalue weighted by Crippen LogP contribution is -2.37. The summed E-state index contributed by atoms with van der Waals surface area (Å²) in [7, 11) is 1.72. The molecule has 0 aliphatic rings. The van der Waals surface area contributed by atoms with Crippen LogP contribution < -0.4 is 10.6 Å². The van der Waals surface area contributed by atoms with Crippen molar-refractivity contribution < 1.29 is 9.53 Å². The van der Waals surface area contributed by atoms with Crippen LogP contribution in [0.25, 0.3) is 0 Å². The molecule has 0 saturated carbocycles. The lowest BCUT2D eigenvalue weighted by Gasteiger charge is -2.24. The number of nitrogens with one attached hydrogen (secondary N) is 2. The average molecular weight is 326 g/mol.